The van der Waals surface area contributed by atoms with Crippen molar-refractivity contribution in [3.05, 3.63) is 60.2 Å². The van der Waals surface area contributed by atoms with Gasteiger partial charge in [-0.05, 0) is 55.1 Å². The van der Waals surface area contributed by atoms with Gasteiger partial charge in [0.1, 0.15) is 11.5 Å². The molecule has 1 aliphatic rings. The molecule has 0 heterocycles. The van der Waals surface area contributed by atoms with Gasteiger partial charge in [-0.15, -0.1) is 0 Å². The average Bonchev–Trinajstić information content (AvgIpc) is 3.39. The van der Waals surface area contributed by atoms with Crippen molar-refractivity contribution < 1.29 is 9.53 Å². The van der Waals surface area contributed by atoms with E-state index in [1.165, 1.54) is 12.8 Å². The maximum atomic E-state index is 11.8. The van der Waals surface area contributed by atoms with Crippen molar-refractivity contribution in [3.8, 4) is 11.5 Å². The third-order valence-electron chi connectivity index (χ3n) is 3.78. The summed E-state index contributed by atoms with van der Waals surface area (Å²) in [6, 6.07) is 17.4. The van der Waals surface area contributed by atoms with Crippen molar-refractivity contribution in [2.45, 2.75) is 19.4 Å². The molecule has 0 saturated heterocycles. The molecule has 0 radical (unpaired) electrons. The summed E-state index contributed by atoms with van der Waals surface area (Å²) in [4.78, 5) is 11.8. The lowest BCUT2D eigenvalue weighted by Crippen LogP contribution is -2.34. The Bertz CT molecular complexity index is 639. The first-order valence-electron chi connectivity index (χ1n) is 8.09. The number of hydrogen-bond acceptors (Lipinski definition) is 3. The maximum Gasteiger partial charge on any atom is 0.234 e. The molecule has 4 heteroatoms. The number of amides is 1. The molecule has 2 N–H and O–H groups in total. The van der Waals surface area contributed by atoms with Crippen LogP contribution in [-0.4, -0.2) is 19.0 Å². The Balaban J connectivity index is 1.46. The van der Waals surface area contributed by atoms with Crippen molar-refractivity contribution in [3.63, 3.8) is 0 Å². The van der Waals surface area contributed by atoms with E-state index < -0.39 is 0 Å². The molecule has 23 heavy (non-hydrogen) atoms. The normalized spacial score (nSPS) is 13.6. The van der Waals surface area contributed by atoms with Gasteiger partial charge in [-0.1, -0.05) is 30.3 Å². The number of nitrogens with one attached hydrogen (secondary N) is 2. The van der Waals surface area contributed by atoms with Crippen LogP contribution in [0.4, 0.5) is 0 Å². The number of carbonyl (C=O) groups is 1. The van der Waals surface area contributed by atoms with E-state index in [-0.39, 0.29) is 5.91 Å². The number of benzene rings is 2. The van der Waals surface area contributed by atoms with E-state index in [1.807, 2.05) is 54.6 Å². The fraction of sp³-hybridized carbons (Fsp3) is 0.316. The zero-order valence-corrected chi connectivity index (χ0v) is 13.1. The third-order valence-corrected chi connectivity index (χ3v) is 3.78. The molecule has 0 unspecified atom stereocenters. The van der Waals surface area contributed by atoms with Crippen LogP contribution in [0.2, 0.25) is 0 Å². The molecule has 0 bridgehead atoms. The number of rotatable bonds is 8. The zero-order chi connectivity index (χ0) is 15.9. The Morgan fingerprint density at radius 1 is 1.04 bits per heavy atom. The quantitative estimate of drug-likeness (QED) is 0.788. The molecule has 0 aromatic heterocycles. The average molecular weight is 310 g/mol. The minimum Gasteiger partial charge on any atom is -0.457 e. The summed E-state index contributed by atoms with van der Waals surface area (Å²) in [5.41, 5.74) is 1.02. The Kier molecular flexibility index (Phi) is 5.27. The van der Waals surface area contributed by atoms with Crippen molar-refractivity contribution in [2.75, 3.05) is 13.1 Å². The zero-order valence-electron chi connectivity index (χ0n) is 13.1. The molecule has 1 saturated carbocycles. The van der Waals surface area contributed by atoms with Crippen molar-refractivity contribution in [1.29, 1.82) is 0 Å². The molecule has 1 aliphatic carbocycles. The highest BCUT2D eigenvalue weighted by Crippen LogP contribution is 2.27. The Morgan fingerprint density at radius 3 is 2.61 bits per heavy atom. The number of hydrogen-bond donors (Lipinski definition) is 2. The first-order valence-corrected chi connectivity index (χ1v) is 8.09. The van der Waals surface area contributed by atoms with Gasteiger partial charge in [0, 0.05) is 6.54 Å². The summed E-state index contributed by atoms with van der Waals surface area (Å²) in [5.74, 6) is 2.39. The van der Waals surface area contributed by atoms with Crippen LogP contribution in [0.5, 0.6) is 11.5 Å². The van der Waals surface area contributed by atoms with Crippen LogP contribution in [0.15, 0.2) is 54.6 Å². The molecular formula is C19H22N2O2. The minimum absolute atomic E-state index is 0.0278. The van der Waals surface area contributed by atoms with E-state index in [4.69, 9.17) is 4.74 Å². The van der Waals surface area contributed by atoms with E-state index >= 15 is 0 Å². The Morgan fingerprint density at radius 2 is 1.83 bits per heavy atom. The predicted octanol–water partition coefficient (Wildman–Crippen LogP) is 3.09. The monoisotopic (exact) mass is 310 g/mol. The predicted molar refractivity (Wildman–Crippen MR) is 90.4 cm³/mol. The summed E-state index contributed by atoms with van der Waals surface area (Å²) >= 11 is 0. The molecule has 1 fully saturated rings. The summed E-state index contributed by atoms with van der Waals surface area (Å²) in [6.07, 6.45) is 2.59. The molecule has 0 atom stereocenters. The lowest BCUT2D eigenvalue weighted by Gasteiger charge is -2.09. The summed E-state index contributed by atoms with van der Waals surface area (Å²) in [7, 11) is 0. The summed E-state index contributed by atoms with van der Waals surface area (Å²) < 4.78 is 5.80. The number of para-hydroxylation sites is 1. The molecule has 3 rings (SSSR count). The highest BCUT2D eigenvalue weighted by Gasteiger charge is 2.20. The second-order valence-corrected chi connectivity index (χ2v) is 5.91. The molecule has 0 spiro atoms. The minimum atomic E-state index is 0.0278. The second kappa shape index (κ2) is 7.79. The van der Waals surface area contributed by atoms with Gasteiger partial charge < -0.3 is 15.4 Å². The van der Waals surface area contributed by atoms with E-state index in [9.17, 15) is 4.79 Å². The van der Waals surface area contributed by atoms with Crippen LogP contribution in [0, 0.1) is 5.92 Å². The van der Waals surface area contributed by atoms with Crippen LogP contribution >= 0.6 is 0 Å². The van der Waals surface area contributed by atoms with Gasteiger partial charge in [0.15, 0.2) is 0 Å². The first-order chi connectivity index (χ1) is 11.3. The maximum absolute atomic E-state index is 11.8. The lowest BCUT2D eigenvalue weighted by atomic mass is 10.2. The van der Waals surface area contributed by atoms with Crippen molar-refractivity contribution in [2.24, 2.45) is 5.92 Å². The van der Waals surface area contributed by atoms with Crippen molar-refractivity contribution >= 4 is 5.91 Å². The van der Waals surface area contributed by atoms with E-state index in [0.717, 1.165) is 29.5 Å². The highest BCUT2D eigenvalue weighted by atomic mass is 16.5. The molecule has 4 nitrogen and oxygen atoms in total. The van der Waals surface area contributed by atoms with Crippen LogP contribution in [0.3, 0.4) is 0 Å². The van der Waals surface area contributed by atoms with Gasteiger partial charge in [-0.3, -0.25) is 4.79 Å². The standard InChI is InChI=1S/C19H22N2O2/c22-19(14-20-12-15-9-10-15)21-13-16-5-4-8-18(11-16)23-17-6-2-1-3-7-17/h1-8,11,15,20H,9-10,12-14H2,(H,21,22). The van der Waals surface area contributed by atoms with Crippen LogP contribution in [0.1, 0.15) is 18.4 Å². The molecule has 2 aromatic rings. The third kappa shape index (κ3) is 5.42. The molecule has 2 aromatic carbocycles. The van der Waals surface area contributed by atoms with E-state index in [2.05, 4.69) is 10.6 Å². The van der Waals surface area contributed by atoms with Crippen LogP contribution < -0.4 is 15.4 Å². The van der Waals surface area contributed by atoms with E-state index in [0.29, 0.717) is 13.1 Å². The van der Waals surface area contributed by atoms with Gasteiger partial charge in [0.2, 0.25) is 5.91 Å². The van der Waals surface area contributed by atoms with E-state index in [1.54, 1.807) is 0 Å². The van der Waals surface area contributed by atoms with Crippen molar-refractivity contribution in [1.82, 2.24) is 10.6 Å². The van der Waals surface area contributed by atoms with Gasteiger partial charge in [0.05, 0.1) is 6.54 Å². The van der Waals surface area contributed by atoms with Gasteiger partial charge in [-0.2, -0.15) is 0 Å². The molecule has 120 valence electrons. The van der Waals surface area contributed by atoms with Gasteiger partial charge >= 0.3 is 0 Å². The smallest absolute Gasteiger partial charge is 0.234 e. The number of ether oxygens (including phenoxy) is 1. The van der Waals surface area contributed by atoms with Crippen LogP contribution in [-0.2, 0) is 11.3 Å². The molecular weight excluding hydrogens is 288 g/mol. The summed E-state index contributed by atoms with van der Waals surface area (Å²) in [5, 5.41) is 6.12. The SMILES string of the molecule is O=C(CNCC1CC1)NCc1cccc(Oc2ccccc2)c1. The second-order valence-electron chi connectivity index (χ2n) is 5.91. The molecule has 0 aliphatic heterocycles. The fourth-order valence-corrected chi connectivity index (χ4v) is 2.32. The molecule has 1 amide bonds. The lowest BCUT2D eigenvalue weighted by molar-refractivity contribution is -0.120. The van der Waals surface area contributed by atoms with Gasteiger partial charge in [-0.25, -0.2) is 0 Å². The topological polar surface area (TPSA) is 50.4 Å². The van der Waals surface area contributed by atoms with Crippen LogP contribution in [0.25, 0.3) is 0 Å². The first kappa shape index (κ1) is 15.6. The summed E-state index contributed by atoms with van der Waals surface area (Å²) in [6.45, 7) is 1.85. The number of carbonyl (C=O) groups excluding carboxylic acids is 1. The fourth-order valence-electron chi connectivity index (χ4n) is 2.32. The Hall–Kier alpha value is -2.33. The Labute approximate surface area is 136 Å². The van der Waals surface area contributed by atoms with Gasteiger partial charge in [0.25, 0.3) is 0 Å². The highest BCUT2D eigenvalue weighted by molar-refractivity contribution is 5.77. The largest absolute Gasteiger partial charge is 0.457 e.